The molecule has 1 atom stereocenters. The third-order valence-electron chi connectivity index (χ3n) is 3.45. The Morgan fingerprint density at radius 2 is 2.37 bits per heavy atom. The highest BCUT2D eigenvalue weighted by Crippen LogP contribution is 2.26. The van der Waals surface area contributed by atoms with Crippen LogP contribution in [0.2, 0.25) is 0 Å². The summed E-state index contributed by atoms with van der Waals surface area (Å²) in [5.74, 6) is 0.554. The van der Waals surface area contributed by atoms with Crippen LogP contribution in [0.15, 0.2) is 24.4 Å². The van der Waals surface area contributed by atoms with Crippen LogP contribution in [0, 0.1) is 0 Å². The van der Waals surface area contributed by atoms with Crippen LogP contribution in [-0.4, -0.2) is 28.5 Å². The van der Waals surface area contributed by atoms with Crippen LogP contribution in [0.3, 0.4) is 0 Å². The van der Waals surface area contributed by atoms with E-state index < -0.39 is 5.97 Å². The number of nitrogens with zero attached hydrogens (tertiary/aromatic N) is 3. The molecule has 0 radical (unpaired) electrons. The molecule has 3 rings (SSSR count). The lowest BCUT2D eigenvalue weighted by Gasteiger charge is -2.39. The zero-order valence-corrected chi connectivity index (χ0v) is 12.5. The van der Waals surface area contributed by atoms with Crippen molar-refractivity contribution < 1.29 is 7.86 Å². The van der Waals surface area contributed by atoms with E-state index in [0.29, 0.717) is 17.3 Å². The summed E-state index contributed by atoms with van der Waals surface area (Å²) in [5, 5.41) is 0.844. The van der Waals surface area contributed by atoms with Crippen molar-refractivity contribution in [3.63, 3.8) is 0 Å². The van der Waals surface area contributed by atoms with E-state index in [2.05, 4.69) is 24.9 Å². The first kappa shape index (κ1) is 12.6. The smallest absolute Gasteiger partial charge is 0.349 e. The minimum atomic E-state index is -0.393. The molecule has 0 aromatic carbocycles. The fourth-order valence-electron chi connectivity index (χ4n) is 2.17. The van der Waals surface area contributed by atoms with Crippen molar-refractivity contribution in [2.24, 2.45) is 0 Å². The van der Waals surface area contributed by atoms with Gasteiger partial charge in [0, 0.05) is 24.2 Å². The number of carbonyl (C=O) groups excluding carboxylic acids is 1. The van der Waals surface area contributed by atoms with E-state index in [9.17, 15) is 4.79 Å². The molecule has 1 fully saturated rings. The summed E-state index contributed by atoms with van der Waals surface area (Å²) < 4.78 is 4.65. The number of carbonyl (C=O) groups is 1. The maximum Gasteiger partial charge on any atom is 0.349 e. The van der Waals surface area contributed by atoms with Crippen molar-refractivity contribution >= 4 is 45.8 Å². The fraction of sp³-hybridized carbons (Fsp3) is 0.308. The van der Waals surface area contributed by atoms with Gasteiger partial charge in [0.1, 0.15) is 5.82 Å². The van der Waals surface area contributed by atoms with Gasteiger partial charge >= 0.3 is 5.97 Å². The molecule has 3 heterocycles. The predicted octanol–water partition coefficient (Wildman–Crippen LogP) is 2.74. The predicted molar refractivity (Wildman–Crippen MR) is 80.4 cm³/mol. The lowest BCUT2D eigenvalue weighted by Crippen LogP contribution is -2.46. The number of rotatable bonds is 2. The Kier molecular flexibility index (Phi) is 3.26. The molecular formula is C13H12IN3O2. The first-order chi connectivity index (χ1) is 9.19. The number of anilines is 1. The largest absolute Gasteiger partial charge is 0.391 e. The molecule has 5 nitrogen and oxygen atoms in total. The molecule has 2 aromatic rings. The number of hydrogen-bond acceptors (Lipinski definition) is 5. The number of hydrogen-bond donors (Lipinski definition) is 0. The maximum atomic E-state index is 11.4. The summed E-state index contributed by atoms with van der Waals surface area (Å²) in [6.07, 6.45) is 2.70. The van der Waals surface area contributed by atoms with E-state index in [4.69, 9.17) is 0 Å². The Balaban J connectivity index is 1.98. The first-order valence-corrected chi connectivity index (χ1v) is 6.93. The normalized spacial score (nSPS) is 18.2. The van der Waals surface area contributed by atoms with Gasteiger partial charge in [-0.2, -0.15) is 0 Å². The molecule has 0 amide bonds. The van der Waals surface area contributed by atoms with Crippen LogP contribution < -0.4 is 4.90 Å². The first-order valence-electron chi connectivity index (χ1n) is 6.05. The third-order valence-corrected chi connectivity index (χ3v) is 3.85. The lowest BCUT2D eigenvalue weighted by atomic mass is 10.1. The molecule has 1 saturated heterocycles. The maximum absolute atomic E-state index is 11.4. The molecular weight excluding hydrogens is 357 g/mol. The Bertz CT molecular complexity index is 647. The highest BCUT2D eigenvalue weighted by atomic mass is 127. The van der Waals surface area contributed by atoms with Gasteiger partial charge in [-0.1, -0.05) is 0 Å². The van der Waals surface area contributed by atoms with E-state index in [1.165, 1.54) is 12.6 Å². The van der Waals surface area contributed by atoms with E-state index in [-0.39, 0.29) is 0 Å². The number of pyridine rings is 2. The molecule has 0 bridgehead atoms. The standard InChI is InChI=1S/C13H12IN3O2/c1-8-4-5-17(8)11-3-2-9-6-10(13(18)19-14)7-15-12(9)16-11/h2-3,6-8H,4-5H2,1H3. The second-order valence-electron chi connectivity index (χ2n) is 4.64. The molecule has 2 aromatic heterocycles. The fourth-order valence-corrected chi connectivity index (χ4v) is 2.43. The quantitative estimate of drug-likeness (QED) is 0.762. The SMILES string of the molecule is CC1CCN1c1ccc2cc(C(=O)OI)cnc2n1. The Morgan fingerprint density at radius 3 is 3.00 bits per heavy atom. The average Bonchev–Trinajstić information content (AvgIpc) is 2.44. The molecule has 1 aliphatic rings. The van der Waals surface area contributed by atoms with Crippen molar-refractivity contribution in [3.05, 3.63) is 30.0 Å². The number of aromatic nitrogens is 2. The van der Waals surface area contributed by atoms with Crippen LogP contribution in [0.1, 0.15) is 23.7 Å². The van der Waals surface area contributed by atoms with Crippen LogP contribution in [-0.2, 0) is 3.07 Å². The van der Waals surface area contributed by atoms with E-state index in [1.54, 1.807) is 29.1 Å². The average molecular weight is 369 g/mol. The zero-order chi connectivity index (χ0) is 13.4. The van der Waals surface area contributed by atoms with Crippen molar-refractivity contribution in [3.8, 4) is 0 Å². The Hall–Kier alpha value is -1.44. The molecule has 6 heteroatoms. The summed E-state index contributed by atoms with van der Waals surface area (Å²) >= 11 is 1.57. The van der Waals surface area contributed by atoms with Crippen LogP contribution in [0.4, 0.5) is 5.82 Å². The van der Waals surface area contributed by atoms with Crippen LogP contribution in [0.5, 0.6) is 0 Å². The van der Waals surface area contributed by atoms with Gasteiger partial charge in [-0.15, -0.1) is 0 Å². The highest BCUT2D eigenvalue weighted by Gasteiger charge is 2.24. The van der Waals surface area contributed by atoms with E-state index in [1.807, 2.05) is 12.1 Å². The molecule has 0 spiro atoms. The van der Waals surface area contributed by atoms with Gasteiger partial charge in [0.05, 0.1) is 5.56 Å². The summed E-state index contributed by atoms with van der Waals surface area (Å²) in [6.45, 7) is 3.22. The topological polar surface area (TPSA) is 55.3 Å². The second kappa shape index (κ2) is 4.92. The van der Waals surface area contributed by atoms with Gasteiger partial charge in [-0.25, -0.2) is 14.8 Å². The van der Waals surface area contributed by atoms with E-state index in [0.717, 1.165) is 17.7 Å². The molecule has 19 heavy (non-hydrogen) atoms. The lowest BCUT2D eigenvalue weighted by molar-refractivity contribution is 0.0800. The van der Waals surface area contributed by atoms with E-state index >= 15 is 0 Å². The summed E-state index contributed by atoms with van der Waals surface area (Å²) in [4.78, 5) is 22.4. The molecule has 0 N–H and O–H groups in total. The van der Waals surface area contributed by atoms with Gasteiger partial charge in [0.15, 0.2) is 28.7 Å². The summed E-state index contributed by atoms with van der Waals surface area (Å²) in [6, 6.07) is 6.20. The van der Waals surface area contributed by atoms with Gasteiger partial charge in [0.2, 0.25) is 0 Å². The van der Waals surface area contributed by atoms with Gasteiger partial charge in [0.25, 0.3) is 0 Å². The zero-order valence-electron chi connectivity index (χ0n) is 10.3. The number of fused-ring (bicyclic) bond motifs is 1. The third kappa shape index (κ3) is 2.24. The minimum Gasteiger partial charge on any atom is -0.391 e. The van der Waals surface area contributed by atoms with Crippen molar-refractivity contribution in [1.29, 1.82) is 0 Å². The Labute approximate surface area is 124 Å². The summed E-state index contributed by atoms with van der Waals surface area (Å²) in [5.41, 5.74) is 1.09. The monoisotopic (exact) mass is 369 g/mol. The van der Waals surface area contributed by atoms with Gasteiger partial charge in [-0.3, -0.25) is 0 Å². The van der Waals surface area contributed by atoms with Crippen LogP contribution >= 0.6 is 23.0 Å². The van der Waals surface area contributed by atoms with Gasteiger partial charge < -0.3 is 7.97 Å². The second-order valence-corrected chi connectivity index (χ2v) is 5.08. The van der Waals surface area contributed by atoms with Crippen molar-refractivity contribution in [2.45, 2.75) is 19.4 Å². The van der Waals surface area contributed by atoms with Crippen LogP contribution in [0.25, 0.3) is 11.0 Å². The Morgan fingerprint density at radius 1 is 1.53 bits per heavy atom. The van der Waals surface area contributed by atoms with Crippen molar-refractivity contribution in [1.82, 2.24) is 9.97 Å². The van der Waals surface area contributed by atoms with Gasteiger partial charge in [-0.05, 0) is 31.5 Å². The molecule has 0 aliphatic carbocycles. The number of halogens is 1. The molecule has 98 valence electrons. The molecule has 0 saturated carbocycles. The summed E-state index contributed by atoms with van der Waals surface area (Å²) in [7, 11) is 0. The molecule has 1 aliphatic heterocycles. The van der Waals surface area contributed by atoms with Crippen molar-refractivity contribution in [2.75, 3.05) is 11.4 Å². The minimum absolute atomic E-state index is 0.393. The highest BCUT2D eigenvalue weighted by molar-refractivity contribution is 14.1. The molecule has 1 unspecified atom stereocenters.